The Bertz CT molecular complexity index is 718. The minimum absolute atomic E-state index is 0.00707. The molecule has 0 aliphatic carbocycles. The third-order valence-electron chi connectivity index (χ3n) is 3.40. The van der Waals surface area contributed by atoms with Gasteiger partial charge in [0.25, 0.3) is 5.91 Å². The molecule has 1 aromatic heterocycles. The molecule has 5 heteroatoms. The van der Waals surface area contributed by atoms with E-state index in [1.165, 1.54) is 0 Å². The highest BCUT2D eigenvalue weighted by atomic mass is 127. The maximum Gasteiger partial charge on any atom is 0.257 e. The van der Waals surface area contributed by atoms with Crippen molar-refractivity contribution in [3.8, 4) is 0 Å². The number of nitrogens with one attached hydrogen (secondary N) is 1. The van der Waals surface area contributed by atoms with Crippen LogP contribution in [0.1, 0.15) is 12.6 Å². The van der Waals surface area contributed by atoms with Crippen LogP contribution < -0.4 is 5.32 Å². The van der Waals surface area contributed by atoms with Gasteiger partial charge in [-0.25, -0.2) is 0 Å². The quantitative estimate of drug-likeness (QED) is 0.690. The van der Waals surface area contributed by atoms with Crippen LogP contribution in [0.15, 0.2) is 27.8 Å². The molecule has 0 unspecified atom stereocenters. The van der Waals surface area contributed by atoms with Crippen LogP contribution in [-0.4, -0.2) is 17.0 Å². The highest BCUT2D eigenvalue weighted by Gasteiger charge is 2.18. The maximum atomic E-state index is 11.8. The molecule has 2 aromatic rings. The Labute approximate surface area is 129 Å². The van der Waals surface area contributed by atoms with Gasteiger partial charge in [-0.2, -0.15) is 0 Å². The van der Waals surface area contributed by atoms with Crippen molar-refractivity contribution < 1.29 is 4.79 Å². The summed E-state index contributed by atoms with van der Waals surface area (Å²) in [5.41, 5.74) is 3.25. The molecule has 2 heterocycles. The van der Waals surface area contributed by atoms with Crippen molar-refractivity contribution in [2.75, 3.05) is 6.54 Å². The second-order valence-electron chi connectivity index (χ2n) is 4.58. The lowest BCUT2D eigenvalue weighted by atomic mass is 10.1. The molecule has 19 heavy (non-hydrogen) atoms. The summed E-state index contributed by atoms with van der Waals surface area (Å²) in [7, 11) is 0. The molecular formula is C14H12ClIN2O. The summed E-state index contributed by atoms with van der Waals surface area (Å²) in [6.07, 6.45) is 0. The third-order valence-corrected chi connectivity index (χ3v) is 4.93. The molecule has 3 nitrogen and oxygen atoms in total. The lowest BCUT2D eigenvalue weighted by molar-refractivity contribution is -0.116. The highest BCUT2D eigenvalue weighted by Crippen LogP contribution is 2.31. The Balaban J connectivity index is 2.31. The molecule has 0 radical (unpaired) electrons. The largest absolute Gasteiger partial charge is 0.350 e. The minimum Gasteiger partial charge on any atom is -0.350 e. The molecule has 3 rings (SSSR count). The Hall–Kier alpha value is -1.01. The van der Waals surface area contributed by atoms with Crippen LogP contribution in [0.5, 0.6) is 0 Å². The Morgan fingerprint density at radius 3 is 2.95 bits per heavy atom. The summed E-state index contributed by atoms with van der Waals surface area (Å²) in [4.78, 5) is 11.8. The summed E-state index contributed by atoms with van der Waals surface area (Å²) >= 11 is 8.15. The van der Waals surface area contributed by atoms with E-state index >= 15 is 0 Å². The smallest absolute Gasteiger partial charge is 0.257 e. The van der Waals surface area contributed by atoms with Gasteiger partial charge < -0.3 is 9.88 Å². The van der Waals surface area contributed by atoms with Gasteiger partial charge in [0.05, 0.1) is 3.58 Å². The first-order valence-corrected chi connectivity index (χ1v) is 7.47. The first-order valence-electron chi connectivity index (χ1n) is 6.01. The fraction of sp³-hybridized carbons (Fsp3) is 0.214. The van der Waals surface area contributed by atoms with Crippen molar-refractivity contribution in [1.29, 1.82) is 0 Å². The van der Waals surface area contributed by atoms with Crippen LogP contribution in [0.4, 0.5) is 0 Å². The van der Waals surface area contributed by atoms with Crippen LogP contribution in [0.25, 0.3) is 16.5 Å². The van der Waals surface area contributed by atoms with E-state index in [-0.39, 0.29) is 5.91 Å². The average molecular weight is 387 g/mol. The van der Waals surface area contributed by atoms with Gasteiger partial charge >= 0.3 is 0 Å². The van der Waals surface area contributed by atoms with E-state index in [2.05, 4.69) is 38.5 Å². The van der Waals surface area contributed by atoms with Crippen molar-refractivity contribution >= 4 is 56.6 Å². The molecule has 1 aliphatic heterocycles. The number of benzene rings is 1. The zero-order valence-corrected chi connectivity index (χ0v) is 13.2. The van der Waals surface area contributed by atoms with Crippen LogP contribution in [0, 0.1) is 0 Å². The first kappa shape index (κ1) is 13.0. The lowest BCUT2D eigenvalue weighted by Gasteiger charge is -2.16. The number of amides is 1. The van der Waals surface area contributed by atoms with Crippen molar-refractivity contribution in [2.45, 2.75) is 13.5 Å². The number of carbonyl (C=O) groups is 1. The summed E-state index contributed by atoms with van der Waals surface area (Å²) in [5, 5.41) is 4.76. The number of hydrogen-bond acceptors (Lipinski definition) is 1. The second-order valence-corrected chi connectivity index (χ2v) is 6.09. The number of allylic oxidation sites excluding steroid dienone is 1. The van der Waals surface area contributed by atoms with Crippen molar-refractivity contribution in [2.24, 2.45) is 0 Å². The predicted molar refractivity (Wildman–Crippen MR) is 86.6 cm³/mol. The molecule has 1 aliphatic rings. The molecule has 1 aromatic carbocycles. The molecule has 0 spiro atoms. The van der Waals surface area contributed by atoms with E-state index < -0.39 is 0 Å². The number of rotatable bonds is 0. The summed E-state index contributed by atoms with van der Waals surface area (Å²) < 4.78 is 2.98. The molecule has 0 atom stereocenters. The van der Waals surface area contributed by atoms with E-state index in [9.17, 15) is 4.79 Å². The van der Waals surface area contributed by atoms with E-state index in [1.54, 1.807) is 0 Å². The van der Waals surface area contributed by atoms with Gasteiger partial charge in [0.15, 0.2) is 0 Å². The molecule has 98 valence electrons. The zero-order chi connectivity index (χ0) is 13.6. The standard InChI is InChI=1S/C14H12ClIN2O/c1-8-12-7-9-6-10(15)2-3-11(9)18(12)5-4-17-14(19)13(8)16/h2-3,6-7H,4-5H2,1H3,(H,17,19)/b13-8+. The van der Waals surface area contributed by atoms with Crippen molar-refractivity contribution in [1.82, 2.24) is 9.88 Å². The van der Waals surface area contributed by atoms with Crippen molar-refractivity contribution in [3.05, 3.63) is 38.6 Å². The molecule has 0 saturated heterocycles. The van der Waals surface area contributed by atoms with E-state index in [1.807, 2.05) is 25.1 Å². The van der Waals surface area contributed by atoms with Crippen LogP contribution in [0.3, 0.4) is 0 Å². The number of nitrogens with zero attached hydrogens (tertiary/aromatic N) is 1. The lowest BCUT2D eigenvalue weighted by Crippen LogP contribution is -2.29. The average Bonchev–Trinajstić information content (AvgIpc) is 2.73. The molecular weight excluding hydrogens is 375 g/mol. The molecule has 1 amide bonds. The Kier molecular flexibility index (Phi) is 3.30. The number of hydrogen-bond donors (Lipinski definition) is 1. The van der Waals surface area contributed by atoms with Gasteiger partial charge in [0, 0.05) is 34.7 Å². The maximum absolute atomic E-state index is 11.8. The van der Waals surface area contributed by atoms with Crippen LogP contribution in [0.2, 0.25) is 5.02 Å². The molecule has 0 saturated carbocycles. The van der Waals surface area contributed by atoms with Crippen LogP contribution in [-0.2, 0) is 11.3 Å². The summed E-state index contributed by atoms with van der Waals surface area (Å²) in [6.45, 7) is 3.39. The summed E-state index contributed by atoms with van der Waals surface area (Å²) in [6, 6.07) is 8.00. The SMILES string of the molecule is C/C1=C(\I)C(=O)NCCn2c1cc1cc(Cl)ccc12. The zero-order valence-electron chi connectivity index (χ0n) is 10.3. The molecule has 1 N–H and O–H groups in total. The minimum atomic E-state index is 0.00707. The normalized spacial score (nSPS) is 19.8. The van der Waals surface area contributed by atoms with E-state index in [4.69, 9.17) is 11.6 Å². The predicted octanol–water partition coefficient (Wildman–Crippen LogP) is 3.59. The molecule has 0 fully saturated rings. The fourth-order valence-corrected chi connectivity index (χ4v) is 3.08. The van der Waals surface area contributed by atoms with Gasteiger partial charge in [-0.1, -0.05) is 11.6 Å². The van der Waals surface area contributed by atoms with Gasteiger partial charge in [0.1, 0.15) is 0 Å². The highest BCUT2D eigenvalue weighted by molar-refractivity contribution is 14.1. The number of carbonyl (C=O) groups excluding carboxylic acids is 1. The van der Waals surface area contributed by atoms with Gasteiger partial charge in [-0.15, -0.1) is 0 Å². The third kappa shape index (κ3) is 2.17. The molecule has 0 bridgehead atoms. The van der Waals surface area contributed by atoms with Gasteiger partial charge in [-0.3, -0.25) is 4.79 Å². The number of aromatic nitrogens is 1. The van der Waals surface area contributed by atoms with Gasteiger partial charge in [0.2, 0.25) is 0 Å². The summed E-state index contributed by atoms with van der Waals surface area (Å²) in [5.74, 6) is 0.00707. The van der Waals surface area contributed by atoms with Crippen molar-refractivity contribution in [3.63, 3.8) is 0 Å². The number of halogens is 2. The first-order chi connectivity index (χ1) is 9.08. The number of fused-ring (bicyclic) bond motifs is 3. The van der Waals surface area contributed by atoms with Crippen LogP contribution >= 0.6 is 34.2 Å². The topological polar surface area (TPSA) is 34.0 Å². The Morgan fingerprint density at radius 2 is 2.16 bits per heavy atom. The Morgan fingerprint density at radius 1 is 1.37 bits per heavy atom. The fourth-order valence-electron chi connectivity index (χ4n) is 2.43. The monoisotopic (exact) mass is 386 g/mol. The van der Waals surface area contributed by atoms with E-state index in [0.29, 0.717) is 6.54 Å². The second kappa shape index (κ2) is 4.83. The van der Waals surface area contributed by atoms with E-state index in [0.717, 1.165) is 37.3 Å². The van der Waals surface area contributed by atoms with Gasteiger partial charge in [-0.05, 0) is 59.4 Å².